The lowest BCUT2D eigenvalue weighted by atomic mass is 10.1. The lowest BCUT2D eigenvalue weighted by Gasteiger charge is -2.19. The van der Waals surface area contributed by atoms with Gasteiger partial charge in [-0.1, -0.05) is 48.5 Å². The van der Waals surface area contributed by atoms with E-state index < -0.39 is 24.6 Å². The topological polar surface area (TPSA) is 102 Å². The van der Waals surface area contributed by atoms with Crippen molar-refractivity contribution in [3.05, 3.63) is 66.2 Å². The van der Waals surface area contributed by atoms with Crippen LogP contribution in [0, 0.1) is 0 Å². The number of nitrogens with zero attached hydrogens (tertiary/aromatic N) is 1. The SMILES string of the molecule is CN(C(=O)COC(=O)[C@H](Cc1ccccc1)NC(N)=O)c1ccccc1. The van der Waals surface area contributed by atoms with Crippen LogP contribution in [-0.2, 0) is 20.7 Å². The number of hydrogen-bond donors (Lipinski definition) is 2. The molecule has 0 aliphatic carbocycles. The van der Waals surface area contributed by atoms with Crippen LogP contribution in [0.15, 0.2) is 60.7 Å². The Kier molecular flexibility index (Phi) is 6.73. The second kappa shape index (κ2) is 9.22. The van der Waals surface area contributed by atoms with Crippen molar-refractivity contribution in [2.45, 2.75) is 12.5 Å². The van der Waals surface area contributed by atoms with Gasteiger partial charge in [0, 0.05) is 19.2 Å². The number of likely N-dealkylation sites (N-methyl/N-ethyl adjacent to an activating group) is 1. The third-order valence-corrected chi connectivity index (χ3v) is 3.74. The monoisotopic (exact) mass is 355 g/mol. The van der Waals surface area contributed by atoms with Crippen LogP contribution in [-0.4, -0.2) is 37.6 Å². The number of carbonyl (C=O) groups is 3. The third kappa shape index (κ3) is 5.62. The van der Waals surface area contributed by atoms with E-state index in [9.17, 15) is 14.4 Å². The summed E-state index contributed by atoms with van der Waals surface area (Å²) in [7, 11) is 1.59. The summed E-state index contributed by atoms with van der Waals surface area (Å²) in [5.41, 5.74) is 6.65. The van der Waals surface area contributed by atoms with Crippen molar-refractivity contribution in [3.8, 4) is 0 Å². The summed E-state index contributed by atoms with van der Waals surface area (Å²) >= 11 is 0. The Labute approximate surface area is 151 Å². The second-order valence-electron chi connectivity index (χ2n) is 5.65. The number of nitrogens with two attached hydrogens (primary N) is 1. The lowest BCUT2D eigenvalue weighted by molar-refractivity contribution is -0.149. The van der Waals surface area contributed by atoms with Crippen LogP contribution < -0.4 is 16.0 Å². The van der Waals surface area contributed by atoms with Crippen molar-refractivity contribution in [1.29, 1.82) is 0 Å². The summed E-state index contributed by atoms with van der Waals surface area (Å²) in [6.45, 7) is -0.435. The quantitative estimate of drug-likeness (QED) is 0.734. The first kappa shape index (κ1) is 19.0. The molecule has 2 aromatic rings. The van der Waals surface area contributed by atoms with E-state index in [4.69, 9.17) is 10.5 Å². The maximum atomic E-state index is 12.3. The van der Waals surface area contributed by atoms with Crippen molar-refractivity contribution in [3.63, 3.8) is 0 Å². The molecule has 0 saturated carbocycles. The normalized spacial score (nSPS) is 11.3. The molecular weight excluding hydrogens is 334 g/mol. The van der Waals surface area contributed by atoms with Gasteiger partial charge in [-0.25, -0.2) is 9.59 Å². The molecule has 0 unspecified atom stereocenters. The van der Waals surface area contributed by atoms with Gasteiger partial charge >= 0.3 is 12.0 Å². The molecular formula is C19H21N3O4. The highest BCUT2D eigenvalue weighted by atomic mass is 16.5. The van der Waals surface area contributed by atoms with Crippen molar-refractivity contribution < 1.29 is 19.1 Å². The molecule has 0 aliphatic heterocycles. The second-order valence-corrected chi connectivity index (χ2v) is 5.65. The van der Waals surface area contributed by atoms with E-state index in [0.717, 1.165) is 5.56 Å². The maximum Gasteiger partial charge on any atom is 0.329 e. The molecule has 0 bridgehead atoms. The number of primary amides is 1. The Morgan fingerprint density at radius 2 is 1.62 bits per heavy atom. The number of carbonyl (C=O) groups excluding carboxylic acids is 3. The number of hydrogen-bond acceptors (Lipinski definition) is 4. The van der Waals surface area contributed by atoms with Gasteiger partial charge in [0.05, 0.1) is 0 Å². The van der Waals surface area contributed by atoms with Crippen LogP contribution in [0.3, 0.4) is 0 Å². The number of amides is 3. The summed E-state index contributed by atoms with van der Waals surface area (Å²) in [4.78, 5) is 37.0. The Balaban J connectivity index is 1.95. The standard InChI is InChI=1S/C19H21N3O4/c1-22(15-10-6-3-7-11-15)17(23)13-26-18(24)16(21-19(20)25)12-14-8-4-2-5-9-14/h2-11,16H,12-13H2,1H3,(H3,20,21,25)/t16-/m0/s1. The Morgan fingerprint density at radius 1 is 1.04 bits per heavy atom. The molecule has 0 heterocycles. The largest absolute Gasteiger partial charge is 0.454 e. The van der Waals surface area contributed by atoms with E-state index in [1.165, 1.54) is 4.90 Å². The highest BCUT2D eigenvalue weighted by Gasteiger charge is 2.23. The molecule has 3 amide bonds. The van der Waals surface area contributed by atoms with Gasteiger partial charge in [0.15, 0.2) is 6.61 Å². The molecule has 26 heavy (non-hydrogen) atoms. The maximum absolute atomic E-state index is 12.3. The molecule has 2 rings (SSSR count). The summed E-state index contributed by atoms with van der Waals surface area (Å²) < 4.78 is 5.08. The molecule has 0 fully saturated rings. The summed E-state index contributed by atoms with van der Waals surface area (Å²) in [5, 5.41) is 2.35. The molecule has 0 radical (unpaired) electrons. The predicted octanol–water partition coefficient (Wildman–Crippen LogP) is 1.47. The van der Waals surface area contributed by atoms with Gasteiger partial charge in [-0.05, 0) is 17.7 Å². The first-order valence-electron chi connectivity index (χ1n) is 8.05. The molecule has 2 aromatic carbocycles. The number of benzene rings is 2. The van der Waals surface area contributed by atoms with Gasteiger partial charge in [-0.2, -0.15) is 0 Å². The smallest absolute Gasteiger partial charge is 0.329 e. The zero-order chi connectivity index (χ0) is 18.9. The van der Waals surface area contributed by atoms with Gasteiger partial charge in [0.1, 0.15) is 6.04 Å². The van der Waals surface area contributed by atoms with E-state index in [1.807, 2.05) is 36.4 Å². The molecule has 0 aromatic heterocycles. The fourth-order valence-corrected chi connectivity index (χ4v) is 2.34. The van der Waals surface area contributed by atoms with Crippen LogP contribution in [0.1, 0.15) is 5.56 Å². The average Bonchev–Trinajstić information content (AvgIpc) is 2.66. The number of esters is 1. The van der Waals surface area contributed by atoms with Gasteiger partial charge in [-0.15, -0.1) is 0 Å². The number of ether oxygens (including phenoxy) is 1. The van der Waals surface area contributed by atoms with Crippen LogP contribution >= 0.6 is 0 Å². The highest BCUT2D eigenvalue weighted by molar-refractivity contribution is 5.95. The van der Waals surface area contributed by atoms with E-state index >= 15 is 0 Å². The van der Waals surface area contributed by atoms with E-state index in [2.05, 4.69) is 5.32 Å². The van der Waals surface area contributed by atoms with Crippen molar-refractivity contribution in [2.75, 3.05) is 18.6 Å². The molecule has 136 valence electrons. The molecule has 3 N–H and O–H groups in total. The number of nitrogens with one attached hydrogen (secondary N) is 1. The van der Waals surface area contributed by atoms with Crippen LogP contribution in [0.5, 0.6) is 0 Å². The average molecular weight is 355 g/mol. The Bertz CT molecular complexity index is 750. The van der Waals surface area contributed by atoms with Gasteiger partial charge in [-0.3, -0.25) is 4.79 Å². The van der Waals surface area contributed by atoms with Gasteiger partial charge in [0.25, 0.3) is 5.91 Å². The van der Waals surface area contributed by atoms with Crippen molar-refractivity contribution in [1.82, 2.24) is 5.32 Å². The van der Waals surface area contributed by atoms with Crippen molar-refractivity contribution >= 4 is 23.6 Å². The minimum Gasteiger partial charge on any atom is -0.454 e. The minimum atomic E-state index is -0.968. The fraction of sp³-hybridized carbons (Fsp3) is 0.211. The van der Waals surface area contributed by atoms with E-state index in [-0.39, 0.29) is 12.3 Å². The highest BCUT2D eigenvalue weighted by Crippen LogP contribution is 2.11. The zero-order valence-electron chi connectivity index (χ0n) is 14.4. The Morgan fingerprint density at radius 3 is 2.19 bits per heavy atom. The molecule has 0 aliphatic rings. The number of rotatable bonds is 7. The summed E-state index contributed by atoms with van der Waals surface area (Å²) in [6.07, 6.45) is 0.214. The molecule has 1 atom stereocenters. The molecule has 0 spiro atoms. The minimum absolute atomic E-state index is 0.214. The first-order chi connectivity index (χ1) is 12.5. The first-order valence-corrected chi connectivity index (χ1v) is 8.05. The number of para-hydroxylation sites is 1. The fourth-order valence-electron chi connectivity index (χ4n) is 2.34. The van der Waals surface area contributed by atoms with Crippen LogP contribution in [0.4, 0.5) is 10.5 Å². The summed E-state index contributed by atoms with van der Waals surface area (Å²) in [6, 6.07) is 16.3. The molecule has 7 nitrogen and oxygen atoms in total. The van der Waals surface area contributed by atoms with E-state index in [1.54, 1.807) is 31.3 Å². The van der Waals surface area contributed by atoms with Crippen LogP contribution in [0.25, 0.3) is 0 Å². The molecule has 0 saturated heterocycles. The van der Waals surface area contributed by atoms with Gasteiger partial charge < -0.3 is 20.7 Å². The number of anilines is 1. The third-order valence-electron chi connectivity index (χ3n) is 3.74. The molecule has 7 heteroatoms. The van der Waals surface area contributed by atoms with Crippen LogP contribution in [0.2, 0.25) is 0 Å². The zero-order valence-corrected chi connectivity index (χ0v) is 14.4. The lowest BCUT2D eigenvalue weighted by Crippen LogP contribution is -2.46. The Hall–Kier alpha value is -3.35. The van der Waals surface area contributed by atoms with E-state index in [0.29, 0.717) is 5.69 Å². The summed E-state index contributed by atoms with van der Waals surface area (Å²) in [5.74, 6) is -1.11. The predicted molar refractivity (Wildman–Crippen MR) is 97.5 cm³/mol. The van der Waals surface area contributed by atoms with Gasteiger partial charge in [0.2, 0.25) is 0 Å². The number of urea groups is 1. The van der Waals surface area contributed by atoms with Crippen molar-refractivity contribution in [2.24, 2.45) is 5.73 Å².